The summed E-state index contributed by atoms with van der Waals surface area (Å²) in [6.45, 7) is 3.76. The molecular weight excluding hydrogens is 390 g/mol. The Hall–Kier alpha value is -2.64. The van der Waals surface area contributed by atoms with E-state index in [-0.39, 0.29) is 5.92 Å². The first-order chi connectivity index (χ1) is 15.2. The second-order valence-electron chi connectivity index (χ2n) is 8.81. The molecule has 0 aliphatic carbocycles. The molecule has 0 unspecified atom stereocenters. The van der Waals surface area contributed by atoms with E-state index in [4.69, 9.17) is 4.74 Å². The van der Waals surface area contributed by atoms with Gasteiger partial charge in [0, 0.05) is 49.4 Å². The normalized spacial score (nSPS) is 19.1. The van der Waals surface area contributed by atoms with Gasteiger partial charge >= 0.3 is 0 Å². The van der Waals surface area contributed by atoms with Gasteiger partial charge in [-0.25, -0.2) is 0 Å². The summed E-state index contributed by atoms with van der Waals surface area (Å²) in [5.41, 5.74) is 3.75. The van der Waals surface area contributed by atoms with E-state index in [0.717, 1.165) is 79.7 Å². The second-order valence-corrected chi connectivity index (χ2v) is 8.81. The number of benzene rings is 1. The molecule has 2 aliphatic heterocycles. The third-order valence-corrected chi connectivity index (χ3v) is 6.72. The van der Waals surface area contributed by atoms with Crippen LogP contribution in [-0.2, 0) is 23.0 Å². The molecule has 0 saturated carbocycles. The quantitative estimate of drug-likeness (QED) is 0.633. The van der Waals surface area contributed by atoms with Crippen molar-refractivity contribution in [1.29, 1.82) is 0 Å². The van der Waals surface area contributed by atoms with E-state index in [0.29, 0.717) is 18.2 Å². The van der Waals surface area contributed by atoms with Crippen LogP contribution in [0.4, 0.5) is 0 Å². The number of piperidine rings is 1. The monoisotopic (exact) mass is 419 g/mol. The van der Waals surface area contributed by atoms with Crippen molar-refractivity contribution >= 4 is 16.7 Å². The highest BCUT2D eigenvalue weighted by atomic mass is 16.5. The third-order valence-electron chi connectivity index (χ3n) is 6.72. The molecule has 7 heteroatoms. The average Bonchev–Trinajstić information content (AvgIpc) is 3.25. The number of likely N-dealkylation sites (tertiary alicyclic amines) is 1. The Morgan fingerprint density at radius 3 is 2.61 bits per heavy atom. The summed E-state index contributed by atoms with van der Waals surface area (Å²) >= 11 is 0. The van der Waals surface area contributed by atoms with E-state index in [1.165, 1.54) is 0 Å². The van der Waals surface area contributed by atoms with Crippen LogP contribution in [0.25, 0.3) is 22.0 Å². The van der Waals surface area contributed by atoms with Crippen molar-refractivity contribution in [3.05, 3.63) is 42.4 Å². The zero-order chi connectivity index (χ0) is 21.2. The predicted octanol–water partition coefficient (Wildman–Crippen LogP) is 3.03. The van der Waals surface area contributed by atoms with Crippen LogP contribution in [0.3, 0.4) is 0 Å². The first-order valence-electron chi connectivity index (χ1n) is 11.3. The molecule has 4 heterocycles. The molecular formula is C24H29N5O2. The van der Waals surface area contributed by atoms with Crippen molar-refractivity contribution in [3.8, 4) is 11.1 Å². The van der Waals surface area contributed by atoms with Crippen LogP contribution in [0.5, 0.6) is 0 Å². The molecule has 2 fully saturated rings. The van der Waals surface area contributed by atoms with E-state index in [1.54, 1.807) is 4.68 Å². The van der Waals surface area contributed by atoms with E-state index in [1.807, 2.05) is 37.6 Å². The van der Waals surface area contributed by atoms with Gasteiger partial charge in [0.15, 0.2) is 0 Å². The summed E-state index contributed by atoms with van der Waals surface area (Å²) in [7, 11) is 1.91. The van der Waals surface area contributed by atoms with Crippen molar-refractivity contribution in [2.24, 2.45) is 13.0 Å². The first kappa shape index (κ1) is 20.3. The molecule has 2 saturated heterocycles. The molecule has 7 nitrogen and oxygen atoms in total. The van der Waals surface area contributed by atoms with E-state index in [2.05, 4.69) is 26.3 Å². The standard InChI is InChI=1S/C24H29N5O2/c1-28-16-20(15-25-28)18-2-3-23-19(12-18)13-21(26-27-23)14-24(30)17-4-8-29(9-5-17)22-6-10-31-11-7-22/h2-3,12-13,15-17,22H,4-11,14H2,1H3. The molecule has 0 atom stereocenters. The molecule has 5 rings (SSSR count). The van der Waals surface area contributed by atoms with Gasteiger partial charge in [0.2, 0.25) is 0 Å². The van der Waals surface area contributed by atoms with Gasteiger partial charge in [0.05, 0.1) is 23.8 Å². The fourth-order valence-electron chi connectivity index (χ4n) is 4.88. The van der Waals surface area contributed by atoms with E-state index < -0.39 is 0 Å². The van der Waals surface area contributed by atoms with Crippen LogP contribution >= 0.6 is 0 Å². The molecule has 0 spiro atoms. The molecule has 1 aromatic carbocycles. The predicted molar refractivity (Wildman–Crippen MR) is 119 cm³/mol. The van der Waals surface area contributed by atoms with Gasteiger partial charge in [-0.2, -0.15) is 15.3 Å². The van der Waals surface area contributed by atoms with Gasteiger partial charge in [0.25, 0.3) is 0 Å². The lowest BCUT2D eigenvalue weighted by Crippen LogP contribution is -2.45. The smallest absolute Gasteiger partial charge is 0.142 e. The van der Waals surface area contributed by atoms with Crippen molar-refractivity contribution in [3.63, 3.8) is 0 Å². The highest BCUT2D eigenvalue weighted by molar-refractivity contribution is 5.86. The van der Waals surface area contributed by atoms with Crippen molar-refractivity contribution < 1.29 is 9.53 Å². The molecule has 0 amide bonds. The topological polar surface area (TPSA) is 73.1 Å². The third kappa shape index (κ3) is 4.52. The zero-order valence-electron chi connectivity index (χ0n) is 18.0. The largest absolute Gasteiger partial charge is 0.381 e. The Bertz CT molecular complexity index is 1060. The van der Waals surface area contributed by atoms with Gasteiger partial charge in [-0.15, -0.1) is 0 Å². The van der Waals surface area contributed by atoms with Gasteiger partial charge in [-0.3, -0.25) is 9.48 Å². The number of aromatic nitrogens is 4. The number of ether oxygens (including phenoxy) is 1. The van der Waals surface area contributed by atoms with Crippen LogP contribution in [0.2, 0.25) is 0 Å². The number of Topliss-reactive ketones (excluding diaryl/α,β-unsaturated/α-hetero) is 1. The number of fused-ring (bicyclic) bond motifs is 1. The molecule has 162 valence electrons. The molecule has 31 heavy (non-hydrogen) atoms. The zero-order valence-corrected chi connectivity index (χ0v) is 18.0. The highest BCUT2D eigenvalue weighted by Crippen LogP contribution is 2.26. The summed E-state index contributed by atoms with van der Waals surface area (Å²) in [4.78, 5) is 15.5. The molecule has 0 bridgehead atoms. The highest BCUT2D eigenvalue weighted by Gasteiger charge is 2.29. The maximum Gasteiger partial charge on any atom is 0.142 e. The van der Waals surface area contributed by atoms with Crippen molar-refractivity contribution in [2.75, 3.05) is 26.3 Å². The summed E-state index contributed by atoms with van der Waals surface area (Å²) in [6.07, 6.45) is 8.34. The fourth-order valence-corrected chi connectivity index (χ4v) is 4.88. The van der Waals surface area contributed by atoms with Gasteiger partial charge in [0.1, 0.15) is 5.78 Å². The number of aryl methyl sites for hydroxylation is 1. The Morgan fingerprint density at radius 2 is 1.87 bits per heavy atom. The summed E-state index contributed by atoms with van der Waals surface area (Å²) in [5.74, 6) is 0.430. The minimum Gasteiger partial charge on any atom is -0.381 e. The Morgan fingerprint density at radius 1 is 1.06 bits per heavy atom. The van der Waals surface area contributed by atoms with E-state index >= 15 is 0 Å². The molecule has 0 radical (unpaired) electrons. The van der Waals surface area contributed by atoms with Crippen LogP contribution in [-0.4, -0.2) is 63.0 Å². The van der Waals surface area contributed by atoms with Crippen LogP contribution < -0.4 is 0 Å². The summed E-state index contributed by atoms with van der Waals surface area (Å²) in [5, 5.41) is 13.9. The lowest BCUT2D eigenvalue weighted by Gasteiger charge is -2.38. The van der Waals surface area contributed by atoms with Crippen LogP contribution in [0, 0.1) is 5.92 Å². The van der Waals surface area contributed by atoms with E-state index in [9.17, 15) is 4.79 Å². The summed E-state index contributed by atoms with van der Waals surface area (Å²) in [6, 6.07) is 8.75. The van der Waals surface area contributed by atoms with Crippen LogP contribution in [0.15, 0.2) is 36.7 Å². The number of hydrogen-bond donors (Lipinski definition) is 0. The lowest BCUT2D eigenvalue weighted by atomic mass is 9.89. The first-order valence-corrected chi connectivity index (χ1v) is 11.3. The fraction of sp³-hybridized carbons (Fsp3) is 0.500. The van der Waals surface area contributed by atoms with Gasteiger partial charge in [-0.1, -0.05) is 6.07 Å². The molecule has 0 N–H and O–H groups in total. The SMILES string of the molecule is Cn1cc(-c2ccc3nnc(CC(=O)C4CCN(C5CCOCC5)CC4)cc3c2)cn1. The number of carbonyl (C=O) groups is 1. The Labute approximate surface area is 182 Å². The maximum atomic E-state index is 13.0. The van der Waals surface area contributed by atoms with Crippen molar-refractivity contribution in [1.82, 2.24) is 24.9 Å². The molecule has 3 aromatic rings. The van der Waals surface area contributed by atoms with Gasteiger partial charge in [-0.05, 0) is 62.5 Å². The number of rotatable bonds is 5. The minimum absolute atomic E-state index is 0.135. The number of ketones is 1. The number of nitrogens with zero attached hydrogens (tertiary/aromatic N) is 5. The minimum atomic E-state index is 0.135. The summed E-state index contributed by atoms with van der Waals surface area (Å²) < 4.78 is 7.28. The molecule has 2 aromatic heterocycles. The number of hydrogen-bond acceptors (Lipinski definition) is 6. The van der Waals surface area contributed by atoms with Gasteiger partial charge < -0.3 is 9.64 Å². The Kier molecular flexibility index (Phi) is 5.78. The van der Waals surface area contributed by atoms with Crippen molar-refractivity contribution in [2.45, 2.75) is 38.1 Å². The average molecular weight is 420 g/mol. The van der Waals surface area contributed by atoms with Crippen LogP contribution in [0.1, 0.15) is 31.4 Å². The number of carbonyl (C=O) groups excluding carboxylic acids is 1. The Balaban J connectivity index is 1.24. The second kappa shape index (κ2) is 8.85. The lowest BCUT2D eigenvalue weighted by molar-refractivity contribution is -0.124. The maximum absolute atomic E-state index is 13.0. The molecule has 2 aliphatic rings.